The second-order valence-electron chi connectivity index (χ2n) is 5.07. The van der Waals surface area contributed by atoms with Crippen LogP contribution in [0.2, 0.25) is 0 Å². The Kier molecular flexibility index (Phi) is 4.82. The van der Waals surface area contributed by atoms with E-state index < -0.39 is 11.7 Å². The number of hydrogen-bond donors (Lipinski definition) is 1. The van der Waals surface area contributed by atoms with Crippen molar-refractivity contribution < 1.29 is 18.0 Å². The fourth-order valence-electron chi connectivity index (χ4n) is 2.38. The second-order valence-corrected chi connectivity index (χ2v) is 5.07. The molecule has 0 radical (unpaired) electrons. The lowest BCUT2D eigenvalue weighted by molar-refractivity contribution is -0.137. The lowest BCUT2D eigenvalue weighted by atomic mass is 10.2. The molecule has 21 heavy (non-hydrogen) atoms. The summed E-state index contributed by atoms with van der Waals surface area (Å²) in [5.74, 6) is -0.333. The topological polar surface area (TPSA) is 45.2 Å². The van der Waals surface area contributed by atoms with Gasteiger partial charge in [-0.05, 0) is 38.4 Å². The minimum absolute atomic E-state index is 0.0443. The lowest BCUT2D eigenvalue weighted by Gasteiger charge is -2.24. The smallest absolute Gasteiger partial charge is 0.336 e. The number of hydrogen-bond acceptors (Lipinski definition) is 3. The van der Waals surface area contributed by atoms with E-state index in [2.05, 4.69) is 10.3 Å². The van der Waals surface area contributed by atoms with Crippen molar-refractivity contribution in [3.05, 3.63) is 29.6 Å². The monoisotopic (exact) mass is 301 g/mol. The van der Waals surface area contributed by atoms with Crippen molar-refractivity contribution in [2.45, 2.75) is 32.0 Å². The summed E-state index contributed by atoms with van der Waals surface area (Å²) in [5.41, 5.74) is -0.803. The van der Waals surface area contributed by atoms with Gasteiger partial charge in [-0.2, -0.15) is 13.2 Å². The van der Waals surface area contributed by atoms with E-state index in [-0.39, 0.29) is 17.6 Å². The molecule has 2 rings (SSSR count). The maximum absolute atomic E-state index is 12.5. The molecule has 0 spiro atoms. The van der Waals surface area contributed by atoms with E-state index in [1.807, 2.05) is 6.92 Å². The van der Waals surface area contributed by atoms with Gasteiger partial charge < -0.3 is 10.2 Å². The quantitative estimate of drug-likeness (QED) is 0.928. The Morgan fingerprint density at radius 3 is 2.71 bits per heavy atom. The summed E-state index contributed by atoms with van der Waals surface area (Å²) < 4.78 is 37.4. The third kappa shape index (κ3) is 3.93. The molecule has 0 bridgehead atoms. The van der Waals surface area contributed by atoms with Gasteiger partial charge in [-0.15, -0.1) is 0 Å². The number of carbonyl (C=O) groups excluding carboxylic acids is 1. The van der Waals surface area contributed by atoms with Crippen LogP contribution in [0.5, 0.6) is 0 Å². The summed E-state index contributed by atoms with van der Waals surface area (Å²) in [5, 5.41) is 3.29. The molecule has 0 saturated carbocycles. The summed E-state index contributed by atoms with van der Waals surface area (Å²) in [6, 6.07) is 2.28. The number of pyridine rings is 1. The predicted molar refractivity (Wildman–Crippen MR) is 71.8 cm³/mol. The van der Waals surface area contributed by atoms with Crippen LogP contribution in [0.25, 0.3) is 0 Å². The zero-order valence-corrected chi connectivity index (χ0v) is 11.8. The van der Waals surface area contributed by atoms with Gasteiger partial charge in [0.1, 0.15) is 5.69 Å². The lowest BCUT2D eigenvalue weighted by Crippen LogP contribution is -2.41. The van der Waals surface area contributed by atoms with Crippen molar-refractivity contribution in [3.63, 3.8) is 0 Å². The molecule has 1 atom stereocenters. The number of nitrogens with one attached hydrogen (secondary N) is 1. The first-order chi connectivity index (χ1) is 9.91. The molecule has 0 aliphatic carbocycles. The van der Waals surface area contributed by atoms with Gasteiger partial charge in [0.15, 0.2) is 0 Å². The Bertz CT molecular complexity index is 481. The molecule has 1 aliphatic heterocycles. The van der Waals surface area contributed by atoms with Crippen LogP contribution >= 0.6 is 0 Å². The van der Waals surface area contributed by atoms with Crippen LogP contribution in [-0.4, -0.2) is 41.5 Å². The van der Waals surface area contributed by atoms with Gasteiger partial charge in [0.05, 0.1) is 5.56 Å². The molecule has 1 fully saturated rings. The Hall–Kier alpha value is -1.63. The number of rotatable bonds is 4. The zero-order valence-electron chi connectivity index (χ0n) is 11.8. The van der Waals surface area contributed by atoms with E-state index in [0.717, 1.165) is 31.5 Å². The average molecular weight is 301 g/mol. The molecule has 0 aromatic carbocycles. The second kappa shape index (κ2) is 6.43. The first-order valence-corrected chi connectivity index (χ1v) is 6.97. The highest BCUT2D eigenvalue weighted by molar-refractivity contribution is 5.92. The molecule has 7 heteroatoms. The maximum atomic E-state index is 12.5. The summed E-state index contributed by atoms with van der Waals surface area (Å²) in [6.45, 7) is 3.84. The predicted octanol–water partition coefficient (Wildman–Crippen LogP) is 2.31. The van der Waals surface area contributed by atoms with Crippen LogP contribution in [0.4, 0.5) is 13.2 Å². The Labute approximate surface area is 121 Å². The van der Waals surface area contributed by atoms with E-state index in [9.17, 15) is 18.0 Å². The number of carbonyl (C=O) groups is 1. The van der Waals surface area contributed by atoms with Crippen LogP contribution in [-0.2, 0) is 6.18 Å². The van der Waals surface area contributed by atoms with Crippen molar-refractivity contribution in [3.8, 4) is 0 Å². The minimum atomic E-state index is -4.44. The molecule has 1 aromatic heterocycles. The van der Waals surface area contributed by atoms with Crippen molar-refractivity contribution >= 4 is 5.91 Å². The normalized spacial score (nSPS) is 18.8. The third-order valence-electron chi connectivity index (χ3n) is 3.58. The van der Waals surface area contributed by atoms with Gasteiger partial charge in [-0.3, -0.25) is 9.78 Å². The van der Waals surface area contributed by atoms with Gasteiger partial charge in [-0.1, -0.05) is 0 Å². The highest BCUT2D eigenvalue weighted by Crippen LogP contribution is 2.28. The van der Waals surface area contributed by atoms with Crippen LogP contribution in [0, 0.1) is 0 Å². The van der Waals surface area contributed by atoms with E-state index in [4.69, 9.17) is 0 Å². The molecule has 1 aromatic rings. The van der Waals surface area contributed by atoms with Gasteiger partial charge in [0.2, 0.25) is 0 Å². The largest absolute Gasteiger partial charge is 0.417 e. The number of halogens is 3. The van der Waals surface area contributed by atoms with E-state index >= 15 is 0 Å². The Morgan fingerprint density at radius 1 is 1.48 bits per heavy atom. The van der Waals surface area contributed by atoms with Crippen molar-refractivity contribution in [1.29, 1.82) is 0 Å². The molecular formula is C14H18F3N3O. The molecule has 1 saturated heterocycles. The Balaban J connectivity index is 2.06. The highest BCUT2D eigenvalue weighted by Gasteiger charge is 2.31. The van der Waals surface area contributed by atoms with E-state index in [1.54, 1.807) is 4.90 Å². The number of alkyl halides is 3. The third-order valence-corrected chi connectivity index (χ3v) is 3.58. The number of likely N-dealkylation sites (N-methyl/N-ethyl adjacent to an activating group) is 1. The fraction of sp³-hybridized carbons (Fsp3) is 0.571. The molecule has 4 nitrogen and oxygen atoms in total. The Morgan fingerprint density at radius 2 is 2.24 bits per heavy atom. The SMILES string of the molecule is CCN(CC1CCCN1)C(=O)c1ccc(C(F)(F)F)cn1. The number of aromatic nitrogens is 1. The molecule has 1 unspecified atom stereocenters. The summed E-state index contributed by atoms with van der Waals surface area (Å²) in [6.07, 6.45) is -1.65. The van der Waals surface area contributed by atoms with Crippen LogP contribution in [0.3, 0.4) is 0 Å². The summed E-state index contributed by atoms with van der Waals surface area (Å²) >= 11 is 0. The molecule has 1 amide bonds. The molecule has 116 valence electrons. The highest BCUT2D eigenvalue weighted by atomic mass is 19.4. The maximum Gasteiger partial charge on any atom is 0.417 e. The van der Waals surface area contributed by atoms with Crippen LogP contribution < -0.4 is 5.32 Å². The first kappa shape index (κ1) is 15.8. The van der Waals surface area contributed by atoms with Gasteiger partial charge in [-0.25, -0.2) is 0 Å². The number of nitrogens with zero attached hydrogens (tertiary/aromatic N) is 2. The van der Waals surface area contributed by atoms with Gasteiger partial charge in [0.25, 0.3) is 5.91 Å². The minimum Gasteiger partial charge on any atom is -0.336 e. The zero-order chi connectivity index (χ0) is 15.5. The van der Waals surface area contributed by atoms with E-state index in [0.29, 0.717) is 19.3 Å². The number of amides is 1. The average Bonchev–Trinajstić information content (AvgIpc) is 2.96. The van der Waals surface area contributed by atoms with Crippen LogP contribution in [0.15, 0.2) is 18.3 Å². The molecule has 2 heterocycles. The molecule has 1 N–H and O–H groups in total. The van der Waals surface area contributed by atoms with Crippen molar-refractivity contribution in [2.24, 2.45) is 0 Å². The first-order valence-electron chi connectivity index (χ1n) is 6.97. The standard InChI is InChI=1S/C14H18F3N3O/c1-2-20(9-11-4-3-7-18-11)13(21)12-6-5-10(8-19-12)14(15,16)17/h5-6,8,11,18H,2-4,7,9H2,1H3. The van der Waals surface area contributed by atoms with Gasteiger partial charge in [0, 0.05) is 25.3 Å². The molecular weight excluding hydrogens is 283 g/mol. The fourth-order valence-corrected chi connectivity index (χ4v) is 2.38. The van der Waals surface area contributed by atoms with Crippen LogP contribution in [0.1, 0.15) is 35.8 Å². The van der Waals surface area contributed by atoms with Crippen molar-refractivity contribution in [1.82, 2.24) is 15.2 Å². The molecule has 1 aliphatic rings. The van der Waals surface area contributed by atoms with Gasteiger partial charge >= 0.3 is 6.18 Å². The summed E-state index contributed by atoms with van der Waals surface area (Å²) in [7, 11) is 0. The summed E-state index contributed by atoms with van der Waals surface area (Å²) in [4.78, 5) is 17.5. The van der Waals surface area contributed by atoms with E-state index in [1.165, 1.54) is 0 Å². The van der Waals surface area contributed by atoms with Crippen molar-refractivity contribution in [2.75, 3.05) is 19.6 Å².